The molecule has 2 N–H and O–H groups in total. The molecule has 0 amide bonds. The summed E-state index contributed by atoms with van der Waals surface area (Å²) in [6.07, 6.45) is 0. The van der Waals surface area contributed by atoms with E-state index in [9.17, 15) is 13.5 Å². The number of sulfonamides is 1. The predicted molar refractivity (Wildman–Crippen MR) is 136 cm³/mol. The van der Waals surface area contributed by atoms with E-state index in [-0.39, 0.29) is 53.9 Å². The zero-order valence-electron chi connectivity index (χ0n) is 20.2. The first-order valence-corrected chi connectivity index (χ1v) is 12.9. The number of anilines is 1. The van der Waals surface area contributed by atoms with Crippen molar-refractivity contribution in [2.45, 2.75) is 4.90 Å². The number of benzene rings is 3. The van der Waals surface area contributed by atoms with Gasteiger partial charge in [-0.3, -0.25) is 4.72 Å². The van der Waals surface area contributed by atoms with Crippen molar-refractivity contribution >= 4 is 15.8 Å². The molecule has 0 bridgehead atoms. The van der Waals surface area contributed by atoms with Gasteiger partial charge in [0.25, 0.3) is 15.9 Å². The van der Waals surface area contributed by atoms with Crippen LogP contribution < -0.4 is 28.4 Å². The highest BCUT2D eigenvalue weighted by Crippen LogP contribution is 2.42. The Bertz CT molecular complexity index is 1550. The summed E-state index contributed by atoms with van der Waals surface area (Å²) in [5.74, 6) is 1.19. The van der Waals surface area contributed by atoms with Gasteiger partial charge in [-0.15, -0.1) is 0 Å². The summed E-state index contributed by atoms with van der Waals surface area (Å²) in [7, 11) is -2.72. The Morgan fingerprint density at radius 2 is 1.68 bits per heavy atom. The van der Waals surface area contributed by atoms with E-state index in [1.807, 2.05) is 6.07 Å². The van der Waals surface area contributed by atoms with E-state index >= 15 is 0 Å². The normalized spacial score (nSPS) is 12.2. The molecule has 0 unspecified atom stereocenters. The highest BCUT2D eigenvalue weighted by Gasteiger charge is 2.26. The fourth-order valence-electron chi connectivity index (χ4n) is 3.59. The lowest BCUT2D eigenvalue weighted by Crippen LogP contribution is -2.16. The lowest BCUT2D eigenvalue weighted by Gasteiger charge is -2.18. The maximum Gasteiger partial charge on any atom is 0.263 e. The molecule has 0 saturated heterocycles. The van der Waals surface area contributed by atoms with Gasteiger partial charge < -0.3 is 28.8 Å². The molecule has 2 heterocycles. The van der Waals surface area contributed by atoms with Crippen LogP contribution in [-0.4, -0.2) is 50.6 Å². The van der Waals surface area contributed by atoms with Crippen LogP contribution in [0.3, 0.4) is 0 Å². The lowest BCUT2D eigenvalue weighted by molar-refractivity contribution is 0.174. The molecule has 0 fully saturated rings. The molecule has 11 nitrogen and oxygen atoms in total. The minimum absolute atomic E-state index is 0.00105. The zero-order valence-corrected chi connectivity index (χ0v) is 21.0. The molecule has 0 aliphatic carbocycles. The van der Waals surface area contributed by atoms with Crippen molar-refractivity contribution < 1.29 is 37.2 Å². The summed E-state index contributed by atoms with van der Waals surface area (Å²) in [5.41, 5.74) is 0.605. The summed E-state index contributed by atoms with van der Waals surface area (Å²) in [5, 5.41) is 9.40. The molecular formula is C26H23N3O8S. The van der Waals surface area contributed by atoms with Crippen LogP contribution >= 0.6 is 0 Å². The molecule has 0 saturated carbocycles. The van der Waals surface area contributed by atoms with Crippen LogP contribution in [0.4, 0.5) is 5.82 Å². The number of aromatic nitrogens is 2. The highest BCUT2D eigenvalue weighted by atomic mass is 32.2. The topological polar surface area (TPSA) is 138 Å². The molecule has 38 heavy (non-hydrogen) atoms. The van der Waals surface area contributed by atoms with E-state index in [4.69, 9.17) is 23.7 Å². The summed E-state index contributed by atoms with van der Waals surface area (Å²) in [6.45, 7) is -0.431. The van der Waals surface area contributed by atoms with Crippen LogP contribution in [0.1, 0.15) is 0 Å². The Labute approximate surface area is 218 Å². The first-order valence-electron chi connectivity index (χ1n) is 11.4. The number of rotatable bonds is 10. The maximum atomic E-state index is 13.5. The minimum Gasteiger partial charge on any atom is -0.493 e. The number of aliphatic hydroxyl groups is 1. The van der Waals surface area contributed by atoms with Gasteiger partial charge >= 0.3 is 0 Å². The number of ether oxygens (including phenoxy) is 5. The Balaban J connectivity index is 1.64. The summed E-state index contributed by atoms with van der Waals surface area (Å²) < 4.78 is 57.2. The number of methoxy groups -OCH3 is 1. The van der Waals surface area contributed by atoms with Crippen molar-refractivity contribution in [2.24, 2.45) is 0 Å². The Morgan fingerprint density at radius 3 is 2.45 bits per heavy atom. The van der Waals surface area contributed by atoms with Crippen LogP contribution in [0, 0.1) is 0 Å². The highest BCUT2D eigenvalue weighted by molar-refractivity contribution is 7.92. The van der Waals surface area contributed by atoms with Crippen molar-refractivity contribution in [2.75, 3.05) is 31.8 Å². The Hall–Kier alpha value is -4.55. The first-order chi connectivity index (χ1) is 18.5. The average Bonchev–Trinajstić information content (AvgIpc) is 3.42. The molecule has 12 heteroatoms. The van der Waals surface area contributed by atoms with Crippen molar-refractivity contribution in [3.05, 3.63) is 72.8 Å². The fraction of sp³-hybridized carbons (Fsp3) is 0.154. The molecule has 3 aromatic carbocycles. The number of hydrogen-bond donors (Lipinski definition) is 2. The summed E-state index contributed by atoms with van der Waals surface area (Å²) in [4.78, 5) is 8.86. The van der Waals surface area contributed by atoms with Crippen molar-refractivity contribution in [3.8, 4) is 46.0 Å². The number of aliphatic hydroxyl groups excluding tert-OH is 1. The molecule has 4 aromatic rings. The fourth-order valence-corrected chi connectivity index (χ4v) is 4.61. The second-order valence-corrected chi connectivity index (χ2v) is 9.52. The molecule has 0 radical (unpaired) electrons. The van der Waals surface area contributed by atoms with E-state index in [1.54, 1.807) is 48.5 Å². The molecule has 1 aliphatic heterocycles. The summed E-state index contributed by atoms with van der Waals surface area (Å²) >= 11 is 0. The third-order valence-corrected chi connectivity index (χ3v) is 6.70. The molecular weight excluding hydrogens is 514 g/mol. The van der Waals surface area contributed by atoms with Crippen molar-refractivity contribution in [3.63, 3.8) is 0 Å². The van der Waals surface area contributed by atoms with Crippen molar-refractivity contribution in [1.82, 2.24) is 9.97 Å². The molecule has 196 valence electrons. The molecule has 5 rings (SSSR count). The zero-order chi connectivity index (χ0) is 26.5. The van der Waals surface area contributed by atoms with Gasteiger partial charge in [-0.05, 0) is 24.3 Å². The standard InChI is InChI=1S/C26H23N3O8S/c1-33-19-9-5-6-10-21(19)37-23-25(29-38(31,32)18-11-12-20-22(15-18)36-16-35-20)27-24(17-7-3-2-4-8-17)28-26(23)34-14-13-30/h2-12,15,30H,13-14,16H2,1H3,(H,27,28,29). The van der Waals surface area contributed by atoms with Gasteiger partial charge in [0, 0.05) is 11.6 Å². The summed E-state index contributed by atoms with van der Waals surface area (Å²) in [6, 6.07) is 20.0. The van der Waals surface area contributed by atoms with Crippen LogP contribution in [0.2, 0.25) is 0 Å². The lowest BCUT2D eigenvalue weighted by atomic mass is 10.2. The van der Waals surface area contributed by atoms with Crippen LogP contribution in [0.15, 0.2) is 77.7 Å². The van der Waals surface area contributed by atoms with E-state index in [1.165, 1.54) is 25.3 Å². The van der Waals surface area contributed by atoms with Crippen LogP contribution in [0.25, 0.3) is 11.4 Å². The third-order valence-electron chi connectivity index (χ3n) is 5.36. The monoisotopic (exact) mass is 537 g/mol. The SMILES string of the molecule is COc1ccccc1Oc1c(NS(=O)(=O)c2ccc3c(c2)OCO3)nc(-c2ccccc2)nc1OCCO. The number of hydrogen-bond acceptors (Lipinski definition) is 10. The number of para-hydroxylation sites is 2. The first kappa shape index (κ1) is 25.1. The number of nitrogens with zero attached hydrogens (tertiary/aromatic N) is 2. The molecule has 0 spiro atoms. The van der Waals surface area contributed by atoms with E-state index in [0.717, 1.165) is 0 Å². The number of fused-ring (bicyclic) bond motifs is 1. The smallest absolute Gasteiger partial charge is 0.263 e. The average molecular weight is 538 g/mol. The molecule has 0 atom stereocenters. The van der Waals surface area contributed by atoms with E-state index < -0.39 is 10.0 Å². The molecule has 1 aliphatic rings. The predicted octanol–water partition coefficient (Wildman–Crippen LogP) is 3.85. The maximum absolute atomic E-state index is 13.5. The quantitative estimate of drug-likeness (QED) is 0.307. The Morgan fingerprint density at radius 1 is 0.947 bits per heavy atom. The second-order valence-electron chi connectivity index (χ2n) is 7.84. The van der Waals surface area contributed by atoms with Gasteiger partial charge in [-0.25, -0.2) is 13.4 Å². The van der Waals surface area contributed by atoms with Gasteiger partial charge in [-0.2, -0.15) is 4.98 Å². The van der Waals surface area contributed by atoms with Gasteiger partial charge in [0.15, 0.2) is 34.6 Å². The van der Waals surface area contributed by atoms with E-state index in [0.29, 0.717) is 22.8 Å². The number of nitrogens with one attached hydrogen (secondary N) is 1. The van der Waals surface area contributed by atoms with Crippen LogP contribution in [0.5, 0.6) is 34.6 Å². The van der Waals surface area contributed by atoms with Gasteiger partial charge in [-0.1, -0.05) is 42.5 Å². The second kappa shape index (κ2) is 10.8. The van der Waals surface area contributed by atoms with Crippen molar-refractivity contribution in [1.29, 1.82) is 0 Å². The van der Waals surface area contributed by atoms with Gasteiger partial charge in [0.2, 0.25) is 12.5 Å². The van der Waals surface area contributed by atoms with Gasteiger partial charge in [0.05, 0.1) is 18.6 Å². The van der Waals surface area contributed by atoms with E-state index in [2.05, 4.69) is 14.7 Å². The Kier molecular flexibility index (Phi) is 7.15. The largest absolute Gasteiger partial charge is 0.493 e. The van der Waals surface area contributed by atoms with Crippen LogP contribution in [-0.2, 0) is 10.0 Å². The minimum atomic E-state index is -4.19. The molecule has 1 aromatic heterocycles. The third kappa shape index (κ3) is 5.26. The van der Waals surface area contributed by atoms with Gasteiger partial charge in [0.1, 0.15) is 6.61 Å².